The molecular weight excluding hydrogens is 236 g/mol. The second-order valence-electron chi connectivity index (χ2n) is 5.47. The van der Waals surface area contributed by atoms with Crippen LogP contribution >= 0.6 is 0 Å². The summed E-state index contributed by atoms with van der Waals surface area (Å²) in [6.45, 7) is 8.37. The van der Waals surface area contributed by atoms with Crippen LogP contribution in [0.15, 0.2) is 24.3 Å². The Balaban J connectivity index is 2.50. The van der Waals surface area contributed by atoms with Crippen LogP contribution in [0.4, 0.5) is 0 Å². The maximum Gasteiger partial charge on any atom is 0.119 e. The molecule has 3 heteroatoms. The van der Waals surface area contributed by atoms with Gasteiger partial charge in [-0.05, 0) is 52.1 Å². The minimum Gasteiger partial charge on any atom is -0.494 e. The third-order valence-electron chi connectivity index (χ3n) is 3.03. The van der Waals surface area contributed by atoms with Gasteiger partial charge in [-0.15, -0.1) is 0 Å². The zero-order valence-corrected chi connectivity index (χ0v) is 12.9. The predicted octanol–water partition coefficient (Wildman–Crippen LogP) is 3.08. The summed E-state index contributed by atoms with van der Waals surface area (Å²) in [5, 5.41) is 3.61. The summed E-state index contributed by atoms with van der Waals surface area (Å²) in [4.78, 5) is 2.20. The molecule has 1 aromatic rings. The van der Waals surface area contributed by atoms with Gasteiger partial charge >= 0.3 is 0 Å². The molecule has 2 atom stereocenters. The first kappa shape index (κ1) is 16.0. The second-order valence-corrected chi connectivity index (χ2v) is 5.47. The van der Waals surface area contributed by atoms with E-state index in [2.05, 4.69) is 69.3 Å². The number of ether oxygens (including phenoxy) is 1. The molecule has 0 saturated heterocycles. The Kier molecular flexibility index (Phi) is 6.89. The van der Waals surface area contributed by atoms with Crippen molar-refractivity contribution in [1.82, 2.24) is 10.2 Å². The van der Waals surface area contributed by atoms with E-state index in [1.807, 2.05) is 0 Å². The Morgan fingerprint density at radius 1 is 1.16 bits per heavy atom. The molecule has 3 nitrogen and oxygen atoms in total. The lowest BCUT2D eigenvalue weighted by Crippen LogP contribution is -2.37. The van der Waals surface area contributed by atoms with Gasteiger partial charge in [-0.25, -0.2) is 0 Å². The normalized spacial score (nSPS) is 14.4. The standard InChI is InChI=1S/C16H28N2O/c1-6-11-19-16-9-7-15(8-10-16)14(3)17-13(2)12-18(4)5/h7-10,13-14,17H,6,11-12H2,1-5H3. The highest BCUT2D eigenvalue weighted by molar-refractivity contribution is 5.29. The summed E-state index contributed by atoms with van der Waals surface area (Å²) in [7, 11) is 4.20. The van der Waals surface area contributed by atoms with Crippen LogP contribution in [0.5, 0.6) is 5.75 Å². The molecule has 0 fully saturated rings. The summed E-state index contributed by atoms with van der Waals surface area (Å²) < 4.78 is 5.60. The van der Waals surface area contributed by atoms with Gasteiger partial charge in [-0.3, -0.25) is 0 Å². The highest BCUT2D eigenvalue weighted by Crippen LogP contribution is 2.18. The quantitative estimate of drug-likeness (QED) is 0.781. The van der Waals surface area contributed by atoms with E-state index >= 15 is 0 Å². The first-order chi connectivity index (χ1) is 9.02. The van der Waals surface area contributed by atoms with E-state index in [-0.39, 0.29) is 0 Å². The Morgan fingerprint density at radius 3 is 2.32 bits per heavy atom. The number of likely N-dealkylation sites (N-methyl/N-ethyl adjacent to an activating group) is 1. The van der Waals surface area contributed by atoms with E-state index in [1.165, 1.54) is 5.56 Å². The second kappa shape index (κ2) is 8.18. The third kappa shape index (κ3) is 6.08. The van der Waals surface area contributed by atoms with Gasteiger partial charge in [-0.1, -0.05) is 19.1 Å². The Morgan fingerprint density at radius 2 is 1.79 bits per heavy atom. The van der Waals surface area contributed by atoms with Gasteiger partial charge < -0.3 is 15.0 Å². The summed E-state index contributed by atoms with van der Waals surface area (Å²) in [5.74, 6) is 0.958. The van der Waals surface area contributed by atoms with Crippen LogP contribution in [-0.4, -0.2) is 38.2 Å². The van der Waals surface area contributed by atoms with Crippen molar-refractivity contribution < 1.29 is 4.74 Å². The monoisotopic (exact) mass is 264 g/mol. The fourth-order valence-electron chi connectivity index (χ4n) is 2.20. The van der Waals surface area contributed by atoms with Crippen molar-refractivity contribution in [2.75, 3.05) is 27.2 Å². The van der Waals surface area contributed by atoms with E-state index in [9.17, 15) is 0 Å². The third-order valence-corrected chi connectivity index (χ3v) is 3.03. The number of rotatable bonds is 8. The van der Waals surface area contributed by atoms with Crippen molar-refractivity contribution in [3.63, 3.8) is 0 Å². The summed E-state index contributed by atoms with van der Waals surface area (Å²) >= 11 is 0. The van der Waals surface area contributed by atoms with Crippen LogP contribution in [0.3, 0.4) is 0 Å². The molecule has 0 heterocycles. The SMILES string of the molecule is CCCOc1ccc(C(C)NC(C)CN(C)C)cc1. The molecule has 0 aliphatic heterocycles. The maximum atomic E-state index is 5.60. The number of benzene rings is 1. The van der Waals surface area contributed by atoms with Gasteiger partial charge in [0.15, 0.2) is 0 Å². The first-order valence-corrected chi connectivity index (χ1v) is 7.16. The average Bonchev–Trinajstić information content (AvgIpc) is 2.35. The van der Waals surface area contributed by atoms with Crippen LogP contribution < -0.4 is 10.1 Å². The Bertz CT molecular complexity index is 348. The lowest BCUT2D eigenvalue weighted by atomic mass is 10.1. The molecule has 108 valence electrons. The van der Waals surface area contributed by atoms with Crippen molar-refractivity contribution >= 4 is 0 Å². The van der Waals surface area contributed by atoms with Crippen molar-refractivity contribution in [3.05, 3.63) is 29.8 Å². The van der Waals surface area contributed by atoms with E-state index in [0.29, 0.717) is 12.1 Å². The molecule has 19 heavy (non-hydrogen) atoms. The molecule has 1 aromatic carbocycles. The lowest BCUT2D eigenvalue weighted by Gasteiger charge is -2.23. The van der Waals surface area contributed by atoms with E-state index < -0.39 is 0 Å². The molecule has 0 radical (unpaired) electrons. The fraction of sp³-hybridized carbons (Fsp3) is 0.625. The Labute approximate surface area is 118 Å². The molecule has 0 aromatic heterocycles. The smallest absolute Gasteiger partial charge is 0.119 e. The summed E-state index contributed by atoms with van der Waals surface area (Å²) in [6.07, 6.45) is 1.04. The van der Waals surface area contributed by atoms with Gasteiger partial charge in [0.25, 0.3) is 0 Å². The maximum absolute atomic E-state index is 5.60. The zero-order valence-electron chi connectivity index (χ0n) is 12.9. The average molecular weight is 264 g/mol. The lowest BCUT2D eigenvalue weighted by molar-refractivity contribution is 0.317. The van der Waals surface area contributed by atoms with Crippen LogP contribution in [0, 0.1) is 0 Å². The predicted molar refractivity (Wildman–Crippen MR) is 81.8 cm³/mol. The van der Waals surface area contributed by atoms with E-state index in [0.717, 1.165) is 25.3 Å². The van der Waals surface area contributed by atoms with Crippen molar-refractivity contribution in [2.45, 2.75) is 39.3 Å². The van der Waals surface area contributed by atoms with Crippen molar-refractivity contribution in [2.24, 2.45) is 0 Å². The highest BCUT2D eigenvalue weighted by Gasteiger charge is 2.10. The molecule has 0 amide bonds. The molecule has 0 aliphatic rings. The van der Waals surface area contributed by atoms with Gasteiger partial charge in [-0.2, -0.15) is 0 Å². The molecule has 0 spiro atoms. The number of nitrogens with zero attached hydrogens (tertiary/aromatic N) is 1. The van der Waals surface area contributed by atoms with Crippen LogP contribution in [0.25, 0.3) is 0 Å². The summed E-state index contributed by atoms with van der Waals surface area (Å²) in [6, 6.07) is 9.23. The van der Waals surface area contributed by atoms with Crippen molar-refractivity contribution in [3.8, 4) is 5.75 Å². The zero-order chi connectivity index (χ0) is 14.3. The van der Waals surface area contributed by atoms with Crippen molar-refractivity contribution in [1.29, 1.82) is 0 Å². The molecule has 1 N–H and O–H groups in total. The molecule has 2 unspecified atom stereocenters. The number of nitrogens with one attached hydrogen (secondary N) is 1. The summed E-state index contributed by atoms with van der Waals surface area (Å²) in [5.41, 5.74) is 1.30. The highest BCUT2D eigenvalue weighted by atomic mass is 16.5. The van der Waals surface area contributed by atoms with E-state index in [4.69, 9.17) is 4.74 Å². The minimum absolute atomic E-state index is 0.357. The van der Waals surface area contributed by atoms with Gasteiger partial charge in [0.2, 0.25) is 0 Å². The van der Waals surface area contributed by atoms with E-state index in [1.54, 1.807) is 0 Å². The molecular formula is C16H28N2O. The molecule has 1 rings (SSSR count). The largest absolute Gasteiger partial charge is 0.494 e. The number of hydrogen-bond acceptors (Lipinski definition) is 3. The van der Waals surface area contributed by atoms with Gasteiger partial charge in [0, 0.05) is 18.6 Å². The first-order valence-electron chi connectivity index (χ1n) is 7.16. The molecule has 0 bridgehead atoms. The van der Waals surface area contributed by atoms with Crippen LogP contribution in [0.1, 0.15) is 38.8 Å². The fourth-order valence-corrected chi connectivity index (χ4v) is 2.20. The minimum atomic E-state index is 0.357. The van der Waals surface area contributed by atoms with Crippen LogP contribution in [0.2, 0.25) is 0 Å². The molecule has 0 aliphatic carbocycles. The number of hydrogen-bond donors (Lipinski definition) is 1. The molecule has 0 saturated carbocycles. The van der Waals surface area contributed by atoms with Crippen LogP contribution in [-0.2, 0) is 0 Å². The van der Waals surface area contributed by atoms with Gasteiger partial charge in [0.1, 0.15) is 5.75 Å². The topological polar surface area (TPSA) is 24.5 Å². The van der Waals surface area contributed by atoms with Gasteiger partial charge in [0.05, 0.1) is 6.61 Å². The Hall–Kier alpha value is -1.06.